The lowest BCUT2D eigenvalue weighted by molar-refractivity contribution is -0.123. The van der Waals surface area contributed by atoms with E-state index in [1.807, 2.05) is 31.2 Å². The molecule has 1 amide bonds. The molecule has 0 aliphatic carbocycles. The fraction of sp³-hybridized carbons (Fsp3) is 0.310. The van der Waals surface area contributed by atoms with Gasteiger partial charge in [0, 0.05) is 11.6 Å². The quantitative estimate of drug-likeness (QED) is 0.239. The number of nitrogens with one attached hydrogen (secondary N) is 1. The summed E-state index contributed by atoms with van der Waals surface area (Å²) in [7, 11) is 0. The lowest BCUT2D eigenvalue weighted by atomic mass is 10.1. The van der Waals surface area contributed by atoms with Crippen LogP contribution in [0.2, 0.25) is 5.02 Å². The number of carbonyl (C=O) groups excluding carboxylic acids is 1. The molecule has 4 rings (SSSR count). The van der Waals surface area contributed by atoms with Crippen LogP contribution in [0.4, 0.5) is 0 Å². The molecule has 1 heterocycles. The van der Waals surface area contributed by atoms with Gasteiger partial charge in [0.1, 0.15) is 17.3 Å². The SMILES string of the molecule is Cc1ccc(OCCCCn2c(C(C)NC(=O)COc3ccc(Cl)cc3)nc3ccccc32)cc1C. The van der Waals surface area contributed by atoms with Gasteiger partial charge in [-0.05, 0) is 93.3 Å². The zero-order valence-corrected chi connectivity index (χ0v) is 21.7. The third kappa shape index (κ3) is 6.58. The fourth-order valence-electron chi connectivity index (χ4n) is 4.05. The Morgan fingerprint density at radius 2 is 1.72 bits per heavy atom. The molecule has 0 aliphatic rings. The average molecular weight is 506 g/mol. The van der Waals surface area contributed by atoms with E-state index >= 15 is 0 Å². The van der Waals surface area contributed by atoms with Crippen molar-refractivity contribution in [2.24, 2.45) is 0 Å². The van der Waals surface area contributed by atoms with Gasteiger partial charge in [-0.3, -0.25) is 4.79 Å². The highest BCUT2D eigenvalue weighted by molar-refractivity contribution is 6.30. The van der Waals surface area contributed by atoms with Crippen LogP contribution < -0.4 is 14.8 Å². The van der Waals surface area contributed by atoms with Gasteiger partial charge in [0.2, 0.25) is 0 Å². The molecule has 1 aromatic heterocycles. The molecular formula is C29H32ClN3O3. The van der Waals surface area contributed by atoms with Gasteiger partial charge >= 0.3 is 0 Å². The van der Waals surface area contributed by atoms with Gasteiger partial charge in [-0.15, -0.1) is 0 Å². The van der Waals surface area contributed by atoms with Crippen molar-refractivity contribution in [2.45, 2.75) is 46.2 Å². The minimum absolute atomic E-state index is 0.0813. The van der Waals surface area contributed by atoms with E-state index in [2.05, 4.69) is 41.9 Å². The molecule has 0 aliphatic heterocycles. The highest BCUT2D eigenvalue weighted by atomic mass is 35.5. The Morgan fingerprint density at radius 1 is 0.972 bits per heavy atom. The van der Waals surface area contributed by atoms with Crippen LogP contribution in [0.15, 0.2) is 66.7 Å². The normalized spacial score (nSPS) is 11.9. The number of ether oxygens (including phenoxy) is 2. The van der Waals surface area contributed by atoms with Crippen molar-refractivity contribution in [1.82, 2.24) is 14.9 Å². The highest BCUT2D eigenvalue weighted by Crippen LogP contribution is 2.22. The van der Waals surface area contributed by atoms with Gasteiger partial charge in [0.05, 0.1) is 23.7 Å². The summed E-state index contributed by atoms with van der Waals surface area (Å²) >= 11 is 5.90. The summed E-state index contributed by atoms with van der Waals surface area (Å²) in [5.41, 5.74) is 4.47. The summed E-state index contributed by atoms with van der Waals surface area (Å²) in [6.07, 6.45) is 1.84. The Morgan fingerprint density at radius 3 is 2.50 bits per heavy atom. The minimum Gasteiger partial charge on any atom is -0.494 e. The molecule has 1 atom stereocenters. The first kappa shape index (κ1) is 25.6. The van der Waals surface area contributed by atoms with E-state index in [-0.39, 0.29) is 18.6 Å². The van der Waals surface area contributed by atoms with Crippen LogP contribution >= 0.6 is 11.6 Å². The van der Waals surface area contributed by atoms with Gasteiger partial charge in [0.25, 0.3) is 5.91 Å². The molecule has 7 heteroatoms. The maximum Gasteiger partial charge on any atom is 0.258 e. The minimum atomic E-state index is -0.273. The number of halogens is 1. The first-order valence-electron chi connectivity index (χ1n) is 12.2. The zero-order chi connectivity index (χ0) is 25.5. The number of rotatable bonds is 11. The Hall–Kier alpha value is -3.51. The first-order valence-corrected chi connectivity index (χ1v) is 12.6. The summed E-state index contributed by atoms with van der Waals surface area (Å²) in [6, 6.07) is 20.9. The van der Waals surface area contributed by atoms with Crippen LogP contribution in [-0.2, 0) is 11.3 Å². The second-order valence-corrected chi connectivity index (χ2v) is 9.38. The van der Waals surface area contributed by atoms with Crippen LogP contribution in [-0.4, -0.2) is 28.7 Å². The smallest absolute Gasteiger partial charge is 0.258 e. The molecule has 1 unspecified atom stereocenters. The van der Waals surface area contributed by atoms with E-state index in [0.717, 1.165) is 42.0 Å². The molecule has 3 aromatic carbocycles. The van der Waals surface area contributed by atoms with Crippen molar-refractivity contribution in [3.05, 3.63) is 88.7 Å². The van der Waals surface area contributed by atoms with E-state index in [4.69, 9.17) is 26.1 Å². The molecular weight excluding hydrogens is 474 g/mol. The predicted molar refractivity (Wildman–Crippen MR) is 144 cm³/mol. The summed E-state index contributed by atoms with van der Waals surface area (Å²) < 4.78 is 13.7. The van der Waals surface area contributed by atoms with Gasteiger partial charge in [0.15, 0.2) is 6.61 Å². The monoisotopic (exact) mass is 505 g/mol. The van der Waals surface area contributed by atoms with Gasteiger partial charge in [-0.1, -0.05) is 29.8 Å². The van der Waals surface area contributed by atoms with Crippen LogP contribution in [0.5, 0.6) is 11.5 Å². The van der Waals surface area contributed by atoms with E-state index in [9.17, 15) is 4.79 Å². The maximum absolute atomic E-state index is 12.6. The summed E-state index contributed by atoms with van der Waals surface area (Å²) in [6.45, 7) is 7.50. The molecule has 0 spiro atoms. The number of hydrogen-bond acceptors (Lipinski definition) is 4. The van der Waals surface area contributed by atoms with Gasteiger partial charge in [-0.25, -0.2) is 4.98 Å². The summed E-state index contributed by atoms with van der Waals surface area (Å²) in [5.74, 6) is 2.12. The van der Waals surface area contributed by atoms with E-state index < -0.39 is 0 Å². The van der Waals surface area contributed by atoms with Crippen LogP contribution in [0.3, 0.4) is 0 Å². The van der Waals surface area contributed by atoms with Crippen molar-refractivity contribution < 1.29 is 14.3 Å². The second-order valence-electron chi connectivity index (χ2n) is 8.94. The number of amides is 1. The number of benzene rings is 3. The Bertz CT molecular complexity index is 1320. The van der Waals surface area contributed by atoms with Crippen LogP contribution in [0.1, 0.15) is 42.8 Å². The lowest BCUT2D eigenvalue weighted by Crippen LogP contribution is -2.32. The average Bonchev–Trinajstić information content (AvgIpc) is 3.24. The molecule has 0 radical (unpaired) electrons. The van der Waals surface area contributed by atoms with E-state index in [0.29, 0.717) is 17.4 Å². The lowest BCUT2D eigenvalue weighted by Gasteiger charge is -2.17. The number of aryl methyl sites for hydroxylation is 3. The Balaban J connectivity index is 1.34. The number of aromatic nitrogens is 2. The number of para-hydroxylation sites is 2. The number of nitrogens with zero attached hydrogens (tertiary/aromatic N) is 2. The fourth-order valence-corrected chi connectivity index (χ4v) is 4.18. The van der Waals surface area contributed by atoms with Gasteiger partial charge in [-0.2, -0.15) is 0 Å². The zero-order valence-electron chi connectivity index (χ0n) is 21.0. The molecule has 4 aromatic rings. The van der Waals surface area contributed by atoms with Crippen molar-refractivity contribution in [3.8, 4) is 11.5 Å². The van der Waals surface area contributed by atoms with Crippen molar-refractivity contribution in [2.75, 3.05) is 13.2 Å². The molecule has 188 valence electrons. The van der Waals surface area contributed by atoms with Crippen LogP contribution in [0.25, 0.3) is 11.0 Å². The van der Waals surface area contributed by atoms with E-state index in [1.54, 1.807) is 24.3 Å². The van der Waals surface area contributed by atoms with Crippen molar-refractivity contribution in [1.29, 1.82) is 0 Å². The number of carbonyl (C=O) groups is 1. The van der Waals surface area contributed by atoms with Crippen LogP contribution in [0, 0.1) is 13.8 Å². The number of fused-ring (bicyclic) bond motifs is 1. The topological polar surface area (TPSA) is 65.4 Å². The summed E-state index contributed by atoms with van der Waals surface area (Å²) in [4.78, 5) is 17.4. The molecule has 0 saturated heterocycles. The predicted octanol–water partition coefficient (Wildman–Crippen LogP) is 6.42. The molecule has 6 nitrogen and oxygen atoms in total. The molecule has 36 heavy (non-hydrogen) atoms. The number of imidazole rings is 1. The molecule has 0 bridgehead atoms. The van der Waals surface area contributed by atoms with Crippen molar-refractivity contribution >= 4 is 28.5 Å². The second kappa shape index (κ2) is 12.0. The number of unbranched alkanes of at least 4 members (excludes halogenated alkanes) is 1. The first-order chi connectivity index (χ1) is 17.4. The molecule has 1 N–H and O–H groups in total. The highest BCUT2D eigenvalue weighted by Gasteiger charge is 2.18. The third-order valence-electron chi connectivity index (χ3n) is 6.16. The maximum atomic E-state index is 12.6. The largest absolute Gasteiger partial charge is 0.494 e. The Kier molecular flexibility index (Phi) is 8.49. The summed E-state index contributed by atoms with van der Waals surface area (Å²) in [5, 5.41) is 3.64. The van der Waals surface area contributed by atoms with Gasteiger partial charge < -0.3 is 19.4 Å². The molecule has 0 saturated carbocycles. The van der Waals surface area contributed by atoms with E-state index in [1.165, 1.54) is 11.1 Å². The standard InChI is InChI=1S/C29H32ClN3O3/c1-20-10-13-25(18-21(20)2)35-17-7-6-16-33-27-9-5-4-8-26(27)32-29(33)22(3)31-28(34)19-36-24-14-11-23(30)12-15-24/h4-5,8-15,18,22H,6-7,16-17,19H2,1-3H3,(H,31,34). The van der Waals surface area contributed by atoms with Crippen molar-refractivity contribution in [3.63, 3.8) is 0 Å². The molecule has 0 fully saturated rings. The number of hydrogen-bond donors (Lipinski definition) is 1. The third-order valence-corrected chi connectivity index (χ3v) is 6.41. The Labute approximate surface area is 217 Å².